The number of Topliss-reactive ketones (excluding diaryl/α,β-unsaturated/α-hetero) is 1. The minimum Gasteiger partial charge on any atom is -0.493 e. The van der Waals surface area contributed by atoms with Crippen LogP contribution in [0.2, 0.25) is 0 Å². The molecule has 3 rings (SSSR count). The Morgan fingerprint density at radius 2 is 1.43 bits per heavy atom. The Bertz CT molecular complexity index is 1150. The van der Waals surface area contributed by atoms with Crippen LogP contribution in [0.3, 0.4) is 0 Å². The number of carboxylic acids is 1. The molecule has 0 bridgehead atoms. The lowest BCUT2D eigenvalue weighted by atomic mass is 9.85. The topological polar surface area (TPSA) is 98.9 Å². The van der Waals surface area contributed by atoms with Crippen LogP contribution in [-0.4, -0.2) is 23.5 Å². The molecule has 6 heteroatoms. The van der Waals surface area contributed by atoms with Gasteiger partial charge in [0.15, 0.2) is 5.78 Å². The van der Waals surface area contributed by atoms with Crippen molar-refractivity contribution in [3.8, 4) is 11.5 Å². The van der Waals surface area contributed by atoms with Crippen molar-refractivity contribution < 1.29 is 24.2 Å². The van der Waals surface area contributed by atoms with Gasteiger partial charge in [-0.25, -0.2) is 0 Å². The van der Waals surface area contributed by atoms with Gasteiger partial charge >= 0.3 is 5.97 Å². The highest BCUT2D eigenvalue weighted by atomic mass is 16.5. The third-order valence-corrected chi connectivity index (χ3v) is 5.64. The van der Waals surface area contributed by atoms with Gasteiger partial charge in [0.1, 0.15) is 18.1 Å². The monoisotopic (exact) mass is 473 g/mol. The Kier molecular flexibility index (Phi) is 9.07. The Morgan fingerprint density at radius 1 is 0.829 bits per heavy atom. The van der Waals surface area contributed by atoms with E-state index in [9.17, 15) is 14.7 Å². The quantitative estimate of drug-likeness (QED) is 0.348. The Labute approximate surface area is 206 Å². The molecule has 3 aromatic carbocycles. The Morgan fingerprint density at radius 3 is 2.00 bits per heavy atom. The van der Waals surface area contributed by atoms with Gasteiger partial charge in [-0.2, -0.15) is 0 Å². The highest BCUT2D eigenvalue weighted by Crippen LogP contribution is 2.31. The molecule has 0 aliphatic heterocycles. The maximum atomic E-state index is 12.1. The van der Waals surface area contributed by atoms with Crippen molar-refractivity contribution in [3.63, 3.8) is 0 Å². The molecule has 0 radical (unpaired) electrons. The average molecular weight is 474 g/mol. The van der Waals surface area contributed by atoms with Crippen LogP contribution in [0.15, 0.2) is 90.1 Å². The fourth-order valence-corrected chi connectivity index (χ4v) is 3.94. The number of benzene rings is 3. The maximum Gasteiger partial charge on any atom is 0.304 e. The Hall–Kier alpha value is -4.06. The maximum absolute atomic E-state index is 12.1. The molecule has 0 saturated heterocycles. The van der Waals surface area contributed by atoms with Crippen LogP contribution in [0.1, 0.15) is 42.9 Å². The molecular weight excluding hydrogens is 442 g/mol. The van der Waals surface area contributed by atoms with Gasteiger partial charge in [0.05, 0.1) is 13.0 Å². The van der Waals surface area contributed by atoms with Gasteiger partial charge in [-0.3, -0.25) is 9.59 Å². The zero-order valence-electron chi connectivity index (χ0n) is 20.1. The average Bonchev–Trinajstić information content (AvgIpc) is 2.83. The summed E-state index contributed by atoms with van der Waals surface area (Å²) in [6.07, 6.45) is 0.632. The molecule has 3 N–H and O–H groups in total. The van der Waals surface area contributed by atoms with E-state index in [4.69, 9.17) is 15.2 Å². The molecule has 0 aliphatic rings. The van der Waals surface area contributed by atoms with Crippen molar-refractivity contribution in [3.05, 3.63) is 107 Å². The minimum atomic E-state index is -0.997. The number of ether oxygens (including phenoxy) is 2. The smallest absolute Gasteiger partial charge is 0.304 e. The number of carbonyl (C=O) groups is 2. The summed E-state index contributed by atoms with van der Waals surface area (Å²) >= 11 is 0. The van der Waals surface area contributed by atoms with Crippen molar-refractivity contribution in [1.82, 2.24) is 0 Å². The van der Waals surface area contributed by atoms with Crippen molar-refractivity contribution in [1.29, 1.82) is 0 Å². The number of carbonyl (C=O) groups excluding carboxylic acids is 1. The lowest BCUT2D eigenvalue weighted by Gasteiger charge is -2.19. The van der Waals surface area contributed by atoms with E-state index in [0.717, 1.165) is 17.7 Å². The van der Waals surface area contributed by atoms with Crippen molar-refractivity contribution >= 4 is 11.8 Å². The summed E-state index contributed by atoms with van der Waals surface area (Å²) in [6, 6.07) is 25.1. The molecule has 3 aromatic rings. The summed E-state index contributed by atoms with van der Waals surface area (Å²) < 4.78 is 11.7. The first-order valence-electron chi connectivity index (χ1n) is 11.5. The van der Waals surface area contributed by atoms with E-state index in [1.165, 1.54) is 12.5 Å². The van der Waals surface area contributed by atoms with Crippen LogP contribution in [0.5, 0.6) is 11.5 Å². The van der Waals surface area contributed by atoms with Crippen LogP contribution in [-0.2, 0) is 22.6 Å². The molecule has 6 nitrogen and oxygen atoms in total. The van der Waals surface area contributed by atoms with Gasteiger partial charge in [-0.05, 0) is 54.8 Å². The standard InChI is InChI=1S/C29H31NO5/c1-20(30)29(21(2)31)27(18-28(32)33)24-10-14-26(15-11-24)35-19-23-8-12-25(13-9-23)34-17-16-22-6-4-3-5-7-22/h3-15,27H,16-19,30H2,1-2H3,(H,32,33). The highest BCUT2D eigenvalue weighted by Gasteiger charge is 2.24. The second-order valence-corrected chi connectivity index (χ2v) is 8.39. The van der Waals surface area contributed by atoms with Crippen LogP contribution in [0.4, 0.5) is 0 Å². The minimum absolute atomic E-state index is 0.219. The van der Waals surface area contributed by atoms with Gasteiger partial charge in [0.25, 0.3) is 0 Å². The summed E-state index contributed by atoms with van der Waals surface area (Å²) in [5, 5.41) is 9.33. The zero-order valence-corrected chi connectivity index (χ0v) is 20.1. The van der Waals surface area contributed by atoms with Gasteiger partial charge in [0.2, 0.25) is 0 Å². The van der Waals surface area contributed by atoms with Gasteiger partial charge < -0.3 is 20.3 Å². The lowest BCUT2D eigenvalue weighted by molar-refractivity contribution is -0.137. The van der Waals surface area contributed by atoms with Crippen LogP contribution >= 0.6 is 0 Å². The molecule has 1 unspecified atom stereocenters. The molecule has 0 spiro atoms. The summed E-state index contributed by atoms with van der Waals surface area (Å²) in [5.41, 5.74) is 9.48. The molecule has 0 heterocycles. The van der Waals surface area contributed by atoms with Crippen molar-refractivity contribution in [2.75, 3.05) is 6.61 Å². The van der Waals surface area contributed by atoms with E-state index in [-0.39, 0.29) is 12.2 Å². The first-order chi connectivity index (χ1) is 16.8. The summed E-state index contributed by atoms with van der Waals surface area (Å²) in [6.45, 7) is 4.00. The summed E-state index contributed by atoms with van der Waals surface area (Å²) in [4.78, 5) is 23.5. The van der Waals surface area contributed by atoms with E-state index in [0.29, 0.717) is 35.8 Å². The van der Waals surface area contributed by atoms with Crippen LogP contribution in [0.25, 0.3) is 0 Å². The number of hydrogen-bond acceptors (Lipinski definition) is 5. The number of rotatable bonds is 12. The molecule has 1 atom stereocenters. The molecule has 0 fully saturated rings. The molecule has 0 amide bonds. The van der Waals surface area contributed by atoms with Crippen molar-refractivity contribution in [2.24, 2.45) is 5.73 Å². The molecule has 0 aliphatic carbocycles. The Balaban J connectivity index is 1.56. The SMILES string of the molecule is CC(=O)C(=C(C)N)C(CC(=O)O)c1ccc(OCc2ccc(OCCc3ccccc3)cc2)cc1. The van der Waals surface area contributed by atoms with Crippen LogP contribution < -0.4 is 15.2 Å². The fraction of sp³-hybridized carbons (Fsp3) is 0.241. The molecule has 0 aromatic heterocycles. The number of hydrogen-bond donors (Lipinski definition) is 2. The number of carboxylic acid groups (broad SMARTS) is 1. The van der Waals surface area contributed by atoms with Gasteiger partial charge in [0, 0.05) is 23.6 Å². The van der Waals surface area contributed by atoms with E-state index in [1.54, 1.807) is 31.2 Å². The number of aliphatic carboxylic acids is 1. The van der Waals surface area contributed by atoms with E-state index < -0.39 is 11.9 Å². The summed E-state index contributed by atoms with van der Waals surface area (Å²) in [5.74, 6) is -0.391. The molecule has 0 saturated carbocycles. The molecule has 35 heavy (non-hydrogen) atoms. The number of allylic oxidation sites excluding steroid dienone is 2. The van der Waals surface area contributed by atoms with E-state index in [1.807, 2.05) is 42.5 Å². The van der Waals surface area contributed by atoms with Gasteiger partial charge in [-0.1, -0.05) is 54.6 Å². The van der Waals surface area contributed by atoms with E-state index in [2.05, 4.69) is 12.1 Å². The van der Waals surface area contributed by atoms with Crippen LogP contribution in [0, 0.1) is 0 Å². The number of nitrogens with two attached hydrogens (primary N) is 1. The lowest BCUT2D eigenvalue weighted by Crippen LogP contribution is -2.17. The van der Waals surface area contributed by atoms with Gasteiger partial charge in [-0.15, -0.1) is 0 Å². The number of ketones is 1. The second-order valence-electron chi connectivity index (χ2n) is 8.39. The molecular formula is C29H31NO5. The van der Waals surface area contributed by atoms with E-state index >= 15 is 0 Å². The largest absolute Gasteiger partial charge is 0.493 e. The second kappa shape index (κ2) is 12.4. The fourth-order valence-electron chi connectivity index (χ4n) is 3.94. The van der Waals surface area contributed by atoms with Crippen molar-refractivity contribution in [2.45, 2.75) is 39.2 Å². The summed E-state index contributed by atoms with van der Waals surface area (Å²) in [7, 11) is 0. The zero-order chi connectivity index (χ0) is 25.2. The highest BCUT2D eigenvalue weighted by molar-refractivity contribution is 5.96. The predicted molar refractivity (Wildman–Crippen MR) is 135 cm³/mol. The normalized spacial score (nSPS) is 12.4. The first-order valence-corrected chi connectivity index (χ1v) is 11.5. The first kappa shape index (κ1) is 25.6. The predicted octanol–water partition coefficient (Wildman–Crippen LogP) is 5.27. The molecule has 182 valence electrons. The third kappa shape index (κ3) is 7.74. The third-order valence-electron chi connectivity index (χ3n) is 5.64.